The summed E-state index contributed by atoms with van der Waals surface area (Å²) in [7, 11) is -3.49. The summed E-state index contributed by atoms with van der Waals surface area (Å²) in [5, 5.41) is 5.98. The molecule has 0 aliphatic rings. The standard InChI is InChI=1S/C26H26Cl3N3O2S/c27-21-7-5-18(6-8-21)19(17-32-35(33,34)22-9-10-24(28)25(29)15-22)11-13-30-14-12-20-16-31-26-4-2-1-3-23(20)26/h1-10,15-16,19,30-31H,11-14,17H2,(H-,32,33,34)/p+1. The maximum Gasteiger partial charge on any atom is 0.323 e. The highest BCUT2D eigenvalue weighted by Gasteiger charge is 2.31. The molecule has 0 fully saturated rings. The van der Waals surface area contributed by atoms with Crippen LogP contribution in [0.2, 0.25) is 15.1 Å². The average molecular weight is 552 g/mol. The van der Waals surface area contributed by atoms with Crippen LogP contribution in [0.25, 0.3) is 10.9 Å². The smallest absolute Gasteiger partial charge is 0.323 e. The normalized spacial score (nSPS) is 14.2. The summed E-state index contributed by atoms with van der Waals surface area (Å²) < 4.78 is 26.4. The predicted octanol–water partition coefficient (Wildman–Crippen LogP) is 6.97. The molecule has 2 atom stereocenters. The first-order chi connectivity index (χ1) is 16.8. The molecule has 4 rings (SSSR count). The third-order valence-electron chi connectivity index (χ3n) is 5.99. The van der Waals surface area contributed by atoms with Crippen molar-refractivity contribution in [2.45, 2.75) is 23.7 Å². The Morgan fingerprint density at radius 3 is 2.49 bits per heavy atom. The van der Waals surface area contributed by atoms with Crippen LogP contribution in [0.15, 0.2) is 77.8 Å². The molecule has 0 spiro atoms. The van der Waals surface area contributed by atoms with Crippen LogP contribution >= 0.6 is 34.8 Å². The van der Waals surface area contributed by atoms with E-state index in [9.17, 15) is 8.76 Å². The van der Waals surface area contributed by atoms with Gasteiger partial charge in [-0.1, -0.05) is 65.1 Å². The van der Waals surface area contributed by atoms with Gasteiger partial charge in [0.15, 0.2) is 0 Å². The number of fused-ring (bicyclic) bond motifs is 1. The van der Waals surface area contributed by atoms with Crippen LogP contribution in [0.3, 0.4) is 0 Å². The SMILES string of the molecule is O=[S+](O)(NCC(CCNCCc1c[nH]c2ccccc12)c1ccc(Cl)cc1)c1ccc(Cl)c(Cl)c1. The van der Waals surface area contributed by atoms with Crippen molar-refractivity contribution in [3.8, 4) is 0 Å². The molecule has 35 heavy (non-hydrogen) atoms. The lowest BCUT2D eigenvalue weighted by Gasteiger charge is -2.18. The van der Waals surface area contributed by atoms with Crippen molar-refractivity contribution in [1.29, 1.82) is 0 Å². The first kappa shape index (κ1) is 26.2. The summed E-state index contributed by atoms with van der Waals surface area (Å²) in [6.45, 7) is 1.90. The fourth-order valence-corrected chi connectivity index (χ4v) is 5.64. The predicted molar refractivity (Wildman–Crippen MR) is 147 cm³/mol. The Kier molecular flexibility index (Phi) is 8.89. The molecule has 184 valence electrons. The molecular formula is C26H27Cl3N3O2S+. The van der Waals surface area contributed by atoms with E-state index in [1.165, 1.54) is 29.1 Å². The number of hydrogen-bond donors (Lipinski definition) is 4. The van der Waals surface area contributed by atoms with Crippen molar-refractivity contribution in [3.05, 3.63) is 99.1 Å². The van der Waals surface area contributed by atoms with Gasteiger partial charge in [0.1, 0.15) is 0 Å². The summed E-state index contributed by atoms with van der Waals surface area (Å²) >= 11 is 18.1. The highest BCUT2D eigenvalue weighted by Crippen LogP contribution is 2.27. The Morgan fingerprint density at radius 2 is 1.71 bits per heavy atom. The minimum Gasteiger partial charge on any atom is -0.361 e. The number of nitrogens with one attached hydrogen (secondary N) is 3. The molecule has 0 saturated heterocycles. The van der Waals surface area contributed by atoms with Crippen molar-refractivity contribution in [1.82, 2.24) is 15.0 Å². The van der Waals surface area contributed by atoms with Crippen molar-refractivity contribution in [2.75, 3.05) is 19.6 Å². The van der Waals surface area contributed by atoms with Gasteiger partial charge in [0.05, 0.1) is 16.6 Å². The number of rotatable bonds is 11. The Balaban J connectivity index is 1.36. The highest BCUT2D eigenvalue weighted by atomic mass is 35.5. The molecule has 3 aromatic carbocycles. The van der Waals surface area contributed by atoms with Crippen LogP contribution in [0.4, 0.5) is 0 Å². The van der Waals surface area contributed by atoms with Crippen LogP contribution in [0.5, 0.6) is 0 Å². The second-order valence-electron chi connectivity index (χ2n) is 8.35. The third-order valence-corrected chi connectivity index (χ3v) is 8.43. The zero-order valence-corrected chi connectivity index (χ0v) is 22.0. The van der Waals surface area contributed by atoms with Gasteiger partial charge in [0.25, 0.3) is 0 Å². The van der Waals surface area contributed by atoms with E-state index in [-0.39, 0.29) is 15.8 Å². The summed E-state index contributed by atoms with van der Waals surface area (Å²) in [6, 6.07) is 20.3. The number of para-hydroxylation sites is 1. The Labute approximate surface area is 221 Å². The van der Waals surface area contributed by atoms with E-state index in [1.807, 2.05) is 36.4 Å². The summed E-state index contributed by atoms with van der Waals surface area (Å²) in [5.74, 6) is 0.00334. The minimum absolute atomic E-state index is 0.00334. The molecule has 9 heteroatoms. The van der Waals surface area contributed by atoms with Crippen LogP contribution in [0, 0.1) is 0 Å². The maximum atomic E-state index is 13.0. The fraction of sp³-hybridized carbons (Fsp3) is 0.231. The van der Waals surface area contributed by atoms with E-state index in [2.05, 4.69) is 33.4 Å². The molecule has 1 aromatic heterocycles. The van der Waals surface area contributed by atoms with E-state index in [4.69, 9.17) is 34.8 Å². The molecular weight excluding hydrogens is 525 g/mol. The lowest BCUT2D eigenvalue weighted by molar-refractivity contribution is 0.473. The molecule has 0 radical (unpaired) electrons. The molecule has 0 saturated carbocycles. The Morgan fingerprint density at radius 1 is 0.943 bits per heavy atom. The minimum atomic E-state index is -3.49. The Hall–Kier alpha value is -1.90. The van der Waals surface area contributed by atoms with E-state index in [0.717, 1.165) is 37.0 Å². The van der Waals surface area contributed by atoms with E-state index >= 15 is 0 Å². The molecule has 0 amide bonds. The first-order valence-electron chi connectivity index (χ1n) is 11.3. The van der Waals surface area contributed by atoms with Crippen molar-refractivity contribution >= 4 is 56.1 Å². The van der Waals surface area contributed by atoms with Gasteiger partial charge in [-0.25, -0.2) is 0 Å². The zero-order chi connectivity index (χ0) is 24.8. The number of hydrogen-bond acceptors (Lipinski definition) is 2. The summed E-state index contributed by atoms with van der Waals surface area (Å²) in [5.41, 5.74) is 3.47. The van der Waals surface area contributed by atoms with Crippen LogP contribution in [-0.4, -0.2) is 29.2 Å². The van der Waals surface area contributed by atoms with Gasteiger partial charge in [0.2, 0.25) is 4.90 Å². The highest BCUT2D eigenvalue weighted by molar-refractivity contribution is 7.95. The maximum absolute atomic E-state index is 13.0. The van der Waals surface area contributed by atoms with Gasteiger partial charge >= 0.3 is 10.4 Å². The topological polar surface area (TPSA) is 77.2 Å². The van der Waals surface area contributed by atoms with Crippen LogP contribution in [0.1, 0.15) is 23.5 Å². The molecule has 4 aromatic rings. The van der Waals surface area contributed by atoms with Crippen molar-refractivity contribution in [3.63, 3.8) is 0 Å². The van der Waals surface area contributed by atoms with Gasteiger partial charge in [-0.15, -0.1) is 4.72 Å². The van der Waals surface area contributed by atoms with Gasteiger partial charge in [0, 0.05) is 34.1 Å². The molecule has 5 nitrogen and oxygen atoms in total. The van der Waals surface area contributed by atoms with E-state index in [0.29, 0.717) is 16.6 Å². The summed E-state index contributed by atoms with van der Waals surface area (Å²) in [4.78, 5) is 3.50. The lowest BCUT2D eigenvalue weighted by Crippen LogP contribution is -2.34. The average Bonchev–Trinajstić information content (AvgIpc) is 3.26. The number of halogens is 3. The second-order valence-corrected chi connectivity index (χ2v) is 11.4. The Bertz CT molecular complexity index is 1330. The molecule has 4 N–H and O–H groups in total. The van der Waals surface area contributed by atoms with Gasteiger partial charge in [-0.2, -0.15) is 4.55 Å². The third kappa shape index (κ3) is 6.86. The van der Waals surface area contributed by atoms with Crippen molar-refractivity contribution < 1.29 is 8.76 Å². The lowest BCUT2D eigenvalue weighted by atomic mass is 9.96. The number of H-pyrrole nitrogens is 1. The molecule has 2 unspecified atom stereocenters. The molecule has 0 aliphatic heterocycles. The van der Waals surface area contributed by atoms with Gasteiger partial charge in [-0.05, 0) is 71.6 Å². The van der Waals surface area contributed by atoms with Crippen molar-refractivity contribution in [2.24, 2.45) is 0 Å². The second kappa shape index (κ2) is 11.9. The largest absolute Gasteiger partial charge is 0.361 e. The number of aromatic nitrogens is 1. The molecule has 0 aliphatic carbocycles. The summed E-state index contributed by atoms with van der Waals surface area (Å²) in [6.07, 6.45) is 3.75. The number of aromatic amines is 1. The van der Waals surface area contributed by atoms with Gasteiger partial charge < -0.3 is 10.3 Å². The zero-order valence-electron chi connectivity index (χ0n) is 18.9. The van der Waals surface area contributed by atoms with E-state index in [1.54, 1.807) is 0 Å². The molecule has 1 heterocycles. The monoisotopic (exact) mass is 550 g/mol. The fourth-order valence-electron chi connectivity index (χ4n) is 4.03. The van der Waals surface area contributed by atoms with Crippen LogP contribution in [-0.2, 0) is 21.0 Å². The number of benzene rings is 3. The quantitative estimate of drug-likeness (QED) is 0.120. The van der Waals surface area contributed by atoms with Gasteiger partial charge in [-0.3, -0.25) is 0 Å². The molecule has 0 bridgehead atoms. The van der Waals surface area contributed by atoms with Crippen LogP contribution < -0.4 is 10.0 Å². The first-order valence-corrected chi connectivity index (χ1v) is 14.0. The van der Waals surface area contributed by atoms with E-state index < -0.39 is 10.4 Å².